The van der Waals surface area contributed by atoms with E-state index in [0.29, 0.717) is 23.3 Å². The van der Waals surface area contributed by atoms with Crippen LogP contribution < -0.4 is 5.32 Å². The number of rotatable bonds is 6. The molecule has 0 aliphatic heterocycles. The number of para-hydroxylation sites is 1. The van der Waals surface area contributed by atoms with E-state index in [1.165, 1.54) is 18.5 Å². The Hall–Kier alpha value is -4.40. The summed E-state index contributed by atoms with van der Waals surface area (Å²) >= 11 is 0. The van der Waals surface area contributed by atoms with E-state index >= 15 is 0 Å². The maximum absolute atomic E-state index is 13.3. The molecule has 2 aromatic carbocycles. The SMILES string of the molecule is CCn1cc(-c2cc(C(=O)Nc3ncn(Cc4ccc(F)cc4)n3)c3ccccc3n2)c(C)n1. The lowest BCUT2D eigenvalue weighted by Crippen LogP contribution is -2.14. The van der Waals surface area contributed by atoms with Crippen LogP contribution in [0.3, 0.4) is 0 Å². The molecule has 0 radical (unpaired) electrons. The fourth-order valence-corrected chi connectivity index (χ4v) is 3.81. The minimum atomic E-state index is -0.333. The molecule has 9 heteroatoms. The van der Waals surface area contributed by atoms with Crippen molar-refractivity contribution in [2.45, 2.75) is 26.9 Å². The molecule has 0 unspecified atom stereocenters. The van der Waals surface area contributed by atoms with Gasteiger partial charge in [-0.05, 0) is 43.7 Å². The number of carbonyl (C=O) groups excluding carboxylic acids is 1. The van der Waals surface area contributed by atoms with Crippen molar-refractivity contribution in [3.05, 3.63) is 89.8 Å². The van der Waals surface area contributed by atoms with Crippen LogP contribution in [-0.2, 0) is 13.1 Å². The zero-order valence-corrected chi connectivity index (χ0v) is 18.7. The Morgan fingerprint density at radius 2 is 1.85 bits per heavy atom. The summed E-state index contributed by atoms with van der Waals surface area (Å²) in [4.78, 5) is 22.2. The standard InChI is InChI=1S/C25H22FN7O/c1-3-32-14-21(16(2)30-32)23-12-20(19-6-4-5-7-22(19)28-23)24(34)29-25-27-15-33(31-25)13-17-8-10-18(26)11-9-17/h4-12,14-15H,3,13H2,1-2H3,(H,29,31,34). The van der Waals surface area contributed by atoms with Crippen molar-refractivity contribution in [2.24, 2.45) is 0 Å². The summed E-state index contributed by atoms with van der Waals surface area (Å²) in [5, 5.41) is 12.4. The molecule has 0 aliphatic carbocycles. The van der Waals surface area contributed by atoms with Gasteiger partial charge < -0.3 is 0 Å². The number of anilines is 1. The Kier molecular flexibility index (Phi) is 5.59. The van der Waals surface area contributed by atoms with Crippen LogP contribution in [0.1, 0.15) is 28.5 Å². The predicted molar refractivity (Wildman–Crippen MR) is 127 cm³/mol. The molecule has 34 heavy (non-hydrogen) atoms. The lowest BCUT2D eigenvalue weighted by atomic mass is 10.0. The van der Waals surface area contributed by atoms with Crippen molar-refractivity contribution in [3.63, 3.8) is 0 Å². The molecule has 0 aliphatic rings. The summed E-state index contributed by atoms with van der Waals surface area (Å²) in [5.74, 6) is -0.444. The molecule has 1 amide bonds. The van der Waals surface area contributed by atoms with E-state index in [2.05, 4.69) is 20.5 Å². The van der Waals surface area contributed by atoms with E-state index < -0.39 is 0 Å². The number of halogens is 1. The fraction of sp³-hybridized carbons (Fsp3) is 0.160. The highest BCUT2D eigenvalue weighted by atomic mass is 19.1. The number of hydrogen-bond donors (Lipinski definition) is 1. The number of nitrogens with zero attached hydrogens (tertiary/aromatic N) is 6. The van der Waals surface area contributed by atoms with Gasteiger partial charge in [0.1, 0.15) is 12.1 Å². The second-order valence-electron chi connectivity index (χ2n) is 7.90. The number of benzene rings is 2. The molecule has 0 bridgehead atoms. The first-order valence-corrected chi connectivity index (χ1v) is 10.9. The van der Waals surface area contributed by atoms with E-state index in [4.69, 9.17) is 4.98 Å². The first-order valence-electron chi connectivity index (χ1n) is 10.9. The van der Waals surface area contributed by atoms with E-state index in [0.717, 1.165) is 28.8 Å². The molecule has 8 nitrogen and oxygen atoms in total. The van der Waals surface area contributed by atoms with Gasteiger partial charge in [-0.15, -0.1) is 5.10 Å². The molecule has 0 spiro atoms. The Labute approximate surface area is 195 Å². The van der Waals surface area contributed by atoms with E-state index in [-0.39, 0.29) is 17.7 Å². The van der Waals surface area contributed by atoms with E-state index in [1.54, 1.807) is 22.9 Å². The van der Waals surface area contributed by atoms with Crippen LogP contribution in [0.4, 0.5) is 10.3 Å². The third-order valence-corrected chi connectivity index (χ3v) is 5.53. The van der Waals surface area contributed by atoms with Gasteiger partial charge in [0.25, 0.3) is 5.91 Å². The quantitative estimate of drug-likeness (QED) is 0.408. The molecule has 0 fully saturated rings. The van der Waals surface area contributed by atoms with Crippen molar-refractivity contribution >= 4 is 22.8 Å². The number of carbonyl (C=O) groups is 1. The van der Waals surface area contributed by atoms with Crippen LogP contribution in [0.15, 0.2) is 67.1 Å². The van der Waals surface area contributed by atoms with Crippen LogP contribution >= 0.6 is 0 Å². The number of pyridine rings is 1. The molecular weight excluding hydrogens is 433 g/mol. The highest BCUT2D eigenvalue weighted by molar-refractivity contribution is 6.12. The molecule has 0 saturated heterocycles. The lowest BCUT2D eigenvalue weighted by molar-refractivity contribution is 0.102. The van der Waals surface area contributed by atoms with Gasteiger partial charge in [-0.3, -0.25) is 14.8 Å². The van der Waals surface area contributed by atoms with Crippen LogP contribution in [0.5, 0.6) is 0 Å². The number of amides is 1. The zero-order valence-electron chi connectivity index (χ0n) is 18.7. The topological polar surface area (TPSA) is 90.5 Å². The molecule has 170 valence electrons. The Balaban J connectivity index is 1.44. The Bertz CT molecular complexity index is 1490. The van der Waals surface area contributed by atoms with Gasteiger partial charge in [0.05, 0.1) is 29.0 Å². The molecule has 3 heterocycles. The average molecular weight is 455 g/mol. The summed E-state index contributed by atoms with van der Waals surface area (Å²) in [6.07, 6.45) is 3.46. The van der Waals surface area contributed by atoms with Crippen LogP contribution in [-0.4, -0.2) is 35.4 Å². The summed E-state index contributed by atoms with van der Waals surface area (Å²) in [6, 6.07) is 15.4. The number of hydrogen-bond acceptors (Lipinski definition) is 5. The minimum absolute atomic E-state index is 0.185. The van der Waals surface area contributed by atoms with Gasteiger partial charge >= 0.3 is 0 Å². The number of nitrogens with one attached hydrogen (secondary N) is 1. The van der Waals surface area contributed by atoms with Gasteiger partial charge in [0, 0.05) is 23.7 Å². The monoisotopic (exact) mass is 455 g/mol. The highest BCUT2D eigenvalue weighted by Gasteiger charge is 2.17. The maximum Gasteiger partial charge on any atom is 0.258 e. The Morgan fingerprint density at radius 1 is 1.06 bits per heavy atom. The largest absolute Gasteiger partial charge is 0.289 e. The summed E-state index contributed by atoms with van der Waals surface area (Å²) in [7, 11) is 0. The molecule has 5 aromatic rings. The summed E-state index contributed by atoms with van der Waals surface area (Å²) in [6.45, 7) is 5.10. The van der Waals surface area contributed by atoms with Crippen LogP contribution in [0.2, 0.25) is 0 Å². The molecule has 0 atom stereocenters. The van der Waals surface area contributed by atoms with Crippen molar-refractivity contribution < 1.29 is 9.18 Å². The van der Waals surface area contributed by atoms with E-state index in [9.17, 15) is 9.18 Å². The van der Waals surface area contributed by atoms with Gasteiger partial charge in [0.2, 0.25) is 5.95 Å². The molecule has 0 saturated carbocycles. The first-order chi connectivity index (χ1) is 16.5. The second-order valence-corrected chi connectivity index (χ2v) is 7.90. The Morgan fingerprint density at radius 3 is 2.62 bits per heavy atom. The van der Waals surface area contributed by atoms with Crippen molar-refractivity contribution in [1.29, 1.82) is 0 Å². The van der Waals surface area contributed by atoms with Crippen molar-refractivity contribution in [1.82, 2.24) is 29.5 Å². The molecule has 5 rings (SSSR count). The minimum Gasteiger partial charge on any atom is -0.289 e. The third-order valence-electron chi connectivity index (χ3n) is 5.53. The van der Waals surface area contributed by atoms with Gasteiger partial charge in [-0.1, -0.05) is 30.3 Å². The number of fused-ring (bicyclic) bond motifs is 1. The second kappa shape index (κ2) is 8.86. The summed E-state index contributed by atoms with van der Waals surface area (Å²) < 4.78 is 16.6. The molecule has 1 N–H and O–H groups in total. The van der Waals surface area contributed by atoms with Crippen LogP contribution in [0.25, 0.3) is 22.2 Å². The van der Waals surface area contributed by atoms with E-state index in [1.807, 2.05) is 49.0 Å². The lowest BCUT2D eigenvalue weighted by Gasteiger charge is -2.09. The molecule has 3 aromatic heterocycles. The highest BCUT2D eigenvalue weighted by Crippen LogP contribution is 2.27. The van der Waals surface area contributed by atoms with Crippen molar-refractivity contribution in [2.75, 3.05) is 5.32 Å². The third kappa shape index (κ3) is 4.27. The summed E-state index contributed by atoms with van der Waals surface area (Å²) in [5.41, 5.74) is 4.45. The fourth-order valence-electron chi connectivity index (χ4n) is 3.81. The average Bonchev–Trinajstić information content (AvgIpc) is 3.45. The van der Waals surface area contributed by atoms with Gasteiger partial charge in [-0.25, -0.2) is 19.0 Å². The van der Waals surface area contributed by atoms with Crippen LogP contribution in [0, 0.1) is 12.7 Å². The van der Waals surface area contributed by atoms with Gasteiger partial charge in [0.15, 0.2) is 0 Å². The smallest absolute Gasteiger partial charge is 0.258 e. The molecular formula is C25H22FN7O. The zero-order chi connectivity index (χ0) is 23.7. The normalized spacial score (nSPS) is 11.1. The number of aromatic nitrogens is 6. The van der Waals surface area contributed by atoms with Crippen molar-refractivity contribution in [3.8, 4) is 11.3 Å². The number of aryl methyl sites for hydroxylation is 2. The van der Waals surface area contributed by atoms with Gasteiger partial charge in [-0.2, -0.15) is 5.10 Å². The maximum atomic E-state index is 13.3. The first kappa shape index (κ1) is 21.4. The predicted octanol–water partition coefficient (Wildman–Crippen LogP) is 4.46.